The third kappa shape index (κ3) is 7.64. The van der Waals surface area contributed by atoms with E-state index in [0.717, 1.165) is 22.6 Å². The molecule has 0 radical (unpaired) electrons. The van der Waals surface area contributed by atoms with Crippen LogP contribution in [0.3, 0.4) is 0 Å². The Kier molecular flexibility index (Phi) is 9.94. The number of aryl methyl sites for hydroxylation is 2. The van der Waals surface area contributed by atoms with Gasteiger partial charge in [-0.3, -0.25) is 4.79 Å². The molecule has 2 heterocycles. The number of hydrogen-bond donors (Lipinski definition) is 1. The second-order valence-corrected chi connectivity index (χ2v) is 10.7. The maximum atomic E-state index is 12.6. The van der Waals surface area contributed by atoms with Gasteiger partial charge in [0.1, 0.15) is 24.7 Å². The molecule has 44 heavy (non-hydrogen) atoms. The number of furan rings is 1. The van der Waals surface area contributed by atoms with E-state index in [9.17, 15) is 4.79 Å². The van der Waals surface area contributed by atoms with E-state index >= 15 is 0 Å². The molecule has 0 fully saturated rings. The molecule has 0 saturated heterocycles. The molecular weight excluding hydrogens is 601 g/mol. The van der Waals surface area contributed by atoms with Gasteiger partial charge in [-0.2, -0.15) is 5.10 Å². The van der Waals surface area contributed by atoms with Gasteiger partial charge in [-0.25, -0.2) is 5.43 Å². The SMILES string of the molecule is CCOc1cc(/C=N/NC(=O)c2ccc(COc3ccc(-n4c(C)ccc4C)cc3)o2)cc(Cl)c1OCc1ccc(Cl)cc1. The van der Waals surface area contributed by atoms with Crippen LogP contribution in [0.2, 0.25) is 10.0 Å². The standard InChI is InChI=1S/C34H31Cl2N3O5/c1-4-41-32-18-25(17-30(36)33(32)43-20-24-7-9-26(35)10-8-24)19-37-38-34(40)31-16-15-29(44-31)21-42-28-13-11-27(12-14-28)39-22(2)5-6-23(39)3/h5-19H,4,20-21H2,1-3H3,(H,38,40)/b37-19+. The quantitative estimate of drug-likeness (QED) is 0.110. The number of aromatic nitrogens is 1. The van der Waals surface area contributed by atoms with Crippen molar-refractivity contribution in [3.63, 3.8) is 0 Å². The predicted octanol–water partition coefficient (Wildman–Crippen LogP) is 8.31. The van der Waals surface area contributed by atoms with Crippen LogP contribution in [0, 0.1) is 13.8 Å². The Hall–Kier alpha value is -4.66. The van der Waals surface area contributed by atoms with Crippen LogP contribution in [-0.4, -0.2) is 23.3 Å². The fourth-order valence-corrected chi connectivity index (χ4v) is 4.92. The fraction of sp³-hybridized carbons (Fsp3) is 0.176. The van der Waals surface area contributed by atoms with Gasteiger partial charge in [0, 0.05) is 22.1 Å². The average Bonchev–Trinajstić information content (AvgIpc) is 3.63. The first-order chi connectivity index (χ1) is 21.3. The Morgan fingerprint density at radius 2 is 1.61 bits per heavy atom. The normalized spacial score (nSPS) is 11.1. The molecule has 1 N–H and O–H groups in total. The van der Waals surface area contributed by atoms with Crippen LogP contribution in [0.5, 0.6) is 17.2 Å². The van der Waals surface area contributed by atoms with E-state index in [0.29, 0.717) is 45.2 Å². The number of rotatable bonds is 12. The highest BCUT2D eigenvalue weighted by molar-refractivity contribution is 6.32. The lowest BCUT2D eigenvalue weighted by Crippen LogP contribution is -2.16. The first-order valence-electron chi connectivity index (χ1n) is 13.9. The van der Waals surface area contributed by atoms with Crippen LogP contribution >= 0.6 is 23.2 Å². The molecule has 5 aromatic rings. The van der Waals surface area contributed by atoms with Crippen molar-refractivity contribution in [2.24, 2.45) is 5.10 Å². The van der Waals surface area contributed by atoms with Crippen molar-refractivity contribution in [3.8, 4) is 22.9 Å². The molecule has 8 nitrogen and oxygen atoms in total. The molecule has 0 aliphatic rings. The summed E-state index contributed by atoms with van der Waals surface area (Å²) in [5, 5.41) is 5.04. The maximum Gasteiger partial charge on any atom is 0.307 e. The van der Waals surface area contributed by atoms with Crippen LogP contribution in [0.4, 0.5) is 0 Å². The summed E-state index contributed by atoms with van der Waals surface area (Å²) < 4.78 is 25.4. The minimum absolute atomic E-state index is 0.105. The first-order valence-corrected chi connectivity index (χ1v) is 14.7. The first kappa shape index (κ1) is 30.8. The van der Waals surface area contributed by atoms with Crippen LogP contribution in [0.1, 0.15) is 45.8 Å². The van der Waals surface area contributed by atoms with E-state index in [1.54, 1.807) is 36.4 Å². The second-order valence-electron chi connectivity index (χ2n) is 9.88. The van der Waals surface area contributed by atoms with E-state index in [1.165, 1.54) is 6.21 Å². The fourth-order valence-electron chi connectivity index (χ4n) is 4.52. The van der Waals surface area contributed by atoms with Gasteiger partial charge in [-0.1, -0.05) is 35.3 Å². The largest absolute Gasteiger partial charge is 0.490 e. The van der Waals surface area contributed by atoms with Gasteiger partial charge >= 0.3 is 5.91 Å². The van der Waals surface area contributed by atoms with Crippen molar-refractivity contribution >= 4 is 35.3 Å². The molecule has 0 aliphatic heterocycles. The van der Waals surface area contributed by atoms with Crippen molar-refractivity contribution in [3.05, 3.63) is 129 Å². The number of nitrogens with one attached hydrogen (secondary N) is 1. The number of hydrogen-bond acceptors (Lipinski definition) is 6. The number of halogens is 2. The zero-order valence-corrected chi connectivity index (χ0v) is 26.0. The number of hydrazone groups is 1. The number of amides is 1. The summed E-state index contributed by atoms with van der Waals surface area (Å²) in [4.78, 5) is 12.6. The van der Waals surface area contributed by atoms with Gasteiger partial charge in [0.15, 0.2) is 17.3 Å². The molecular formula is C34H31Cl2N3O5. The molecule has 10 heteroatoms. The zero-order chi connectivity index (χ0) is 31.1. The number of carbonyl (C=O) groups excluding carboxylic acids is 1. The van der Waals surface area contributed by atoms with E-state index in [-0.39, 0.29) is 19.0 Å². The Bertz CT molecular complexity index is 1740. The van der Waals surface area contributed by atoms with Gasteiger partial charge in [0.25, 0.3) is 0 Å². The van der Waals surface area contributed by atoms with Gasteiger partial charge in [0.05, 0.1) is 17.8 Å². The summed E-state index contributed by atoms with van der Waals surface area (Å²) >= 11 is 12.5. The maximum absolute atomic E-state index is 12.6. The van der Waals surface area contributed by atoms with Crippen molar-refractivity contribution in [2.75, 3.05) is 6.61 Å². The second kappa shape index (κ2) is 14.2. The van der Waals surface area contributed by atoms with E-state index < -0.39 is 5.91 Å². The summed E-state index contributed by atoms with van der Waals surface area (Å²) in [5.41, 5.74) is 7.39. The summed E-state index contributed by atoms with van der Waals surface area (Å²) in [6.07, 6.45) is 1.46. The smallest absolute Gasteiger partial charge is 0.307 e. The minimum atomic E-state index is -0.506. The Morgan fingerprint density at radius 1 is 0.886 bits per heavy atom. The van der Waals surface area contributed by atoms with Crippen LogP contribution < -0.4 is 19.6 Å². The Balaban J connectivity index is 1.15. The van der Waals surface area contributed by atoms with Gasteiger partial charge < -0.3 is 23.2 Å². The highest BCUT2D eigenvalue weighted by atomic mass is 35.5. The van der Waals surface area contributed by atoms with Crippen LogP contribution in [0.25, 0.3) is 5.69 Å². The molecule has 0 atom stereocenters. The number of benzene rings is 3. The summed E-state index contributed by atoms with van der Waals surface area (Å²) in [7, 11) is 0. The van der Waals surface area contributed by atoms with Gasteiger partial charge in [0.2, 0.25) is 0 Å². The lowest BCUT2D eigenvalue weighted by atomic mass is 10.2. The van der Waals surface area contributed by atoms with E-state index in [2.05, 4.69) is 41.1 Å². The number of carbonyl (C=O) groups is 1. The molecule has 0 spiro atoms. The highest BCUT2D eigenvalue weighted by Crippen LogP contribution is 2.37. The third-order valence-corrected chi connectivity index (χ3v) is 7.17. The molecule has 226 valence electrons. The lowest BCUT2D eigenvalue weighted by molar-refractivity contribution is 0.0923. The zero-order valence-electron chi connectivity index (χ0n) is 24.5. The summed E-state index contributed by atoms with van der Waals surface area (Å²) in [6, 6.07) is 26.0. The molecule has 5 rings (SSSR count). The average molecular weight is 633 g/mol. The molecule has 3 aromatic carbocycles. The summed E-state index contributed by atoms with van der Waals surface area (Å²) in [5.74, 6) is 1.67. The minimum Gasteiger partial charge on any atom is -0.490 e. The van der Waals surface area contributed by atoms with E-state index in [4.69, 9.17) is 41.8 Å². The Labute approximate surface area is 265 Å². The Morgan fingerprint density at radius 3 is 2.32 bits per heavy atom. The van der Waals surface area contributed by atoms with E-state index in [1.807, 2.05) is 43.3 Å². The number of nitrogens with zero attached hydrogens (tertiary/aromatic N) is 2. The lowest BCUT2D eigenvalue weighted by Gasteiger charge is -2.14. The summed E-state index contributed by atoms with van der Waals surface area (Å²) in [6.45, 7) is 6.87. The molecule has 1 amide bonds. The van der Waals surface area contributed by atoms with Gasteiger partial charge in [-0.15, -0.1) is 0 Å². The highest BCUT2D eigenvalue weighted by Gasteiger charge is 2.14. The van der Waals surface area contributed by atoms with Crippen molar-refractivity contribution in [2.45, 2.75) is 34.0 Å². The van der Waals surface area contributed by atoms with Crippen LogP contribution in [-0.2, 0) is 13.2 Å². The van der Waals surface area contributed by atoms with Gasteiger partial charge in [-0.05, 0) is 105 Å². The van der Waals surface area contributed by atoms with Crippen molar-refractivity contribution in [1.29, 1.82) is 0 Å². The predicted molar refractivity (Wildman–Crippen MR) is 172 cm³/mol. The molecule has 0 aliphatic carbocycles. The molecule has 2 aromatic heterocycles. The number of ether oxygens (including phenoxy) is 3. The third-order valence-electron chi connectivity index (χ3n) is 6.64. The monoisotopic (exact) mass is 631 g/mol. The molecule has 0 bridgehead atoms. The molecule has 0 saturated carbocycles. The molecule has 0 unspecified atom stereocenters. The topological polar surface area (TPSA) is 87.2 Å². The van der Waals surface area contributed by atoms with Crippen molar-refractivity contribution in [1.82, 2.24) is 9.99 Å². The van der Waals surface area contributed by atoms with Crippen molar-refractivity contribution < 1.29 is 23.4 Å². The van der Waals surface area contributed by atoms with Crippen LogP contribution in [0.15, 0.2) is 94.4 Å².